The third kappa shape index (κ3) is 11.2. The van der Waals surface area contributed by atoms with Gasteiger partial charge in [-0.05, 0) is 56.1 Å². The molecule has 278 valence electrons. The molecule has 2 saturated heterocycles. The fourth-order valence-corrected chi connectivity index (χ4v) is 6.74. The van der Waals surface area contributed by atoms with E-state index in [0.29, 0.717) is 45.6 Å². The van der Waals surface area contributed by atoms with Gasteiger partial charge in [-0.25, -0.2) is 0 Å². The molecular weight excluding hydrogens is 650 g/mol. The minimum absolute atomic E-state index is 0.0513. The molecular formula is C39H55N5O7. The number of amides is 4. The molecule has 2 heterocycles. The summed E-state index contributed by atoms with van der Waals surface area (Å²) in [6, 6.07) is 16.9. The Kier molecular flexibility index (Phi) is 14.3. The number of nitrogens with two attached hydrogens (primary N) is 1. The molecule has 2 aromatic carbocycles. The Balaban J connectivity index is 1.67. The molecule has 2 aromatic rings. The molecule has 2 fully saturated rings. The first-order valence-electron chi connectivity index (χ1n) is 18.1. The zero-order chi connectivity index (χ0) is 37.0. The lowest BCUT2D eigenvalue weighted by Crippen LogP contribution is -2.68. The van der Waals surface area contributed by atoms with E-state index in [4.69, 9.17) is 15.2 Å². The van der Waals surface area contributed by atoms with E-state index in [1.54, 1.807) is 6.92 Å². The van der Waals surface area contributed by atoms with Crippen LogP contribution in [-0.4, -0.2) is 97.0 Å². The average molecular weight is 706 g/mol. The first-order chi connectivity index (χ1) is 24.4. The molecule has 1 unspecified atom stereocenters. The standard InChI is InChI=1S/C39H55N5O7/c1-5-18-39(37(40)49,30(24-29-14-10-7-11-15-29)35(47)42-32(23-27(2)3)34(46)38(4)26-51-38)43-36(48)31(17-16-28-12-8-6-9-13-28)41-33(45)25-44-19-21-50-22-20-44/h6-15,27,30-32H,5,16-26H2,1-4H3,(H2,40,49)(H,41,45)(H,42,47)(H,43,48)/t30-,31-,32-,38-,39?/m0/s1. The van der Waals surface area contributed by atoms with Crippen LogP contribution in [0.3, 0.4) is 0 Å². The Hall–Kier alpha value is -4.13. The first kappa shape index (κ1) is 39.7. The summed E-state index contributed by atoms with van der Waals surface area (Å²) in [4.78, 5) is 71.5. The highest BCUT2D eigenvalue weighted by atomic mass is 16.6. The summed E-state index contributed by atoms with van der Waals surface area (Å²) < 4.78 is 10.8. The van der Waals surface area contributed by atoms with Crippen molar-refractivity contribution in [1.82, 2.24) is 20.9 Å². The molecule has 0 aromatic heterocycles. The van der Waals surface area contributed by atoms with Crippen molar-refractivity contribution < 1.29 is 33.4 Å². The number of rotatable bonds is 20. The number of carbonyl (C=O) groups is 5. The van der Waals surface area contributed by atoms with E-state index in [9.17, 15) is 24.0 Å². The van der Waals surface area contributed by atoms with Crippen LogP contribution in [-0.2, 0) is 46.3 Å². The second kappa shape index (κ2) is 18.4. The molecule has 0 saturated carbocycles. The summed E-state index contributed by atoms with van der Waals surface area (Å²) in [6.07, 6.45) is 1.59. The zero-order valence-corrected chi connectivity index (χ0v) is 30.5. The molecule has 51 heavy (non-hydrogen) atoms. The summed E-state index contributed by atoms with van der Waals surface area (Å²) in [5.74, 6) is -3.77. The van der Waals surface area contributed by atoms with Crippen LogP contribution in [0.2, 0.25) is 0 Å². The Bertz CT molecular complexity index is 1480. The Morgan fingerprint density at radius 3 is 2.06 bits per heavy atom. The van der Waals surface area contributed by atoms with Gasteiger partial charge in [0.15, 0.2) is 5.78 Å². The number of epoxide rings is 1. The topological polar surface area (TPSA) is 172 Å². The van der Waals surface area contributed by atoms with Gasteiger partial charge >= 0.3 is 0 Å². The van der Waals surface area contributed by atoms with Gasteiger partial charge in [-0.2, -0.15) is 0 Å². The number of benzene rings is 2. The minimum atomic E-state index is -1.85. The Morgan fingerprint density at radius 1 is 0.902 bits per heavy atom. The molecule has 0 spiro atoms. The molecule has 5 N–H and O–H groups in total. The number of carbonyl (C=O) groups excluding carboxylic acids is 5. The molecule has 2 aliphatic heterocycles. The number of hydrogen-bond donors (Lipinski definition) is 4. The maximum atomic E-state index is 14.5. The number of ether oxygens (including phenoxy) is 2. The number of hydrogen-bond acceptors (Lipinski definition) is 8. The van der Waals surface area contributed by atoms with Gasteiger partial charge in [0, 0.05) is 13.1 Å². The number of nitrogens with one attached hydrogen (secondary N) is 3. The predicted octanol–water partition coefficient (Wildman–Crippen LogP) is 2.32. The SMILES string of the molecule is CCCC(NC(=O)[C@H](CCc1ccccc1)NC(=O)CN1CCOCC1)(C(N)=O)[C@@H](Cc1ccccc1)C(=O)N[C@@H](CC(C)C)C(=O)[C@]1(C)CO1. The van der Waals surface area contributed by atoms with Crippen molar-refractivity contribution in [2.75, 3.05) is 39.5 Å². The third-order valence-electron chi connectivity index (χ3n) is 9.75. The van der Waals surface area contributed by atoms with Crippen LogP contribution in [0.1, 0.15) is 64.5 Å². The maximum absolute atomic E-state index is 14.5. The van der Waals surface area contributed by atoms with Crippen molar-refractivity contribution >= 4 is 29.4 Å². The number of ketones is 1. The van der Waals surface area contributed by atoms with E-state index in [-0.39, 0.29) is 50.0 Å². The van der Waals surface area contributed by atoms with Crippen LogP contribution >= 0.6 is 0 Å². The molecule has 0 aliphatic carbocycles. The monoisotopic (exact) mass is 705 g/mol. The first-order valence-corrected chi connectivity index (χ1v) is 18.1. The van der Waals surface area contributed by atoms with Crippen molar-refractivity contribution in [3.8, 4) is 0 Å². The van der Waals surface area contributed by atoms with E-state index in [1.807, 2.05) is 86.3 Å². The van der Waals surface area contributed by atoms with Gasteiger partial charge in [-0.15, -0.1) is 0 Å². The molecule has 12 nitrogen and oxygen atoms in total. The fourth-order valence-electron chi connectivity index (χ4n) is 6.74. The average Bonchev–Trinajstić information content (AvgIpc) is 3.87. The largest absolute Gasteiger partial charge is 0.379 e. The molecule has 5 atom stereocenters. The molecule has 0 radical (unpaired) electrons. The van der Waals surface area contributed by atoms with Crippen molar-refractivity contribution in [2.45, 2.75) is 89.4 Å². The fraction of sp³-hybridized carbons (Fsp3) is 0.564. The van der Waals surface area contributed by atoms with E-state index in [1.165, 1.54) is 0 Å². The lowest BCUT2D eigenvalue weighted by molar-refractivity contribution is -0.143. The highest BCUT2D eigenvalue weighted by Gasteiger charge is 2.53. The van der Waals surface area contributed by atoms with E-state index >= 15 is 0 Å². The quantitative estimate of drug-likeness (QED) is 0.152. The number of morpholine rings is 1. The lowest BCUT2D eigenvalue weighted by Gasteiger charge is -2.40. The summed E-state index contributed by atoms with van der Waals surface area (Å²) in [5.41, 5.74) is 5.10. The van der Waals surface area contributed by atoms with Gasteiger partial charge in [0.25, 0.3) is 0 Å². The second-order valence-corrected chi connectivity index (χ2v) is 14.4. The smallest absolute Gasteiger partial charge is 0.244 e. The zero-order valence-electron chi connectivity index (χ0n) is 30.5. The Morgan fingerprint density at radius 2 is 1.51 bits per heavy atom. The Labute approximate surface area is 301 Å². The van der Waals surface area contributed by atoms with Crippen molar-refractivity contribution in [3.63, 3.8) is 0 Å². The van der Waals surface area contributed by atoms with Crippen LogP contribution in [0.4, 0.5) is 0 Å². The van der Waals surface area contributed by atoms with Crippen LogP contribution in [0, 0.1) is 11.8 Å². The van der Waals surface area contributed by atoms with Gasteiger partial charge in [0.2, 0.25) is 23.6 Å². The summed E-state index contributed by atoms with van der Waals surface area (Å²) in [7, 11) is 0. The number of Topliss-reactive ketones (excluding diaryl/α,β-unsaturated/α-hetero) is 1. The summed E-state index contributed by atoms with van der Waals surface area (Å²) in [5, 5.41) is 8.78. The maximum Gasteiger partial charge on any atom is 0.244 e. The van der Waals surface area contributed by atoms with Gasteiger partial charge < -0.3 is 31.2 Å². The van der Waals surface area contributed by atoms with Gasteiger partial charge in [0.05, 0.1) is 38.3 Å². The van der Waals surface area contributed by atoms with Gasteiger partial charge in [-0.1, -0.05) is 87.9 Å². The van der Waals surface area contributed by atoms with E-state index in [0.717, 1.165) is 11.1 Å². The molecule has 2 aliphatic rings. The van der Waals surface area contributed by atoms with Crippen molar-refractivity contribution in [3.05, 3.63) is 71.8 Å². The van der Waals surface area contributed by atoms with E-state index in [2.05, 4.69) is 16.0 Å². The van der Waals surface area contributed by atoms with Crippen LogP contribution < -0.4 is 21.7 Å². The number of nitrogens with zero attached hydrogens (tertiary/aromatic N) is 1. The van der Waals surface area contributed by atoms with Crippen molar-refractivity contribution in [1.29, 1.82) is 0 Å². The highest BCUT2D eigenvalue weighted by Crippen LogP contribution is 2.32. The number of primary amides is 1. The molecule has 4 rings (SSSR count). The lowest BCUT2D eigenvalue weighted by atomic mass is 9.75. The molecule has 4 amide bonds. The molecule has 0 bridgehead atoms. The van der Waals surface area contributed by atoms with E-state index < -0.39 is 46.9 Å². The van der Waals surface area contributed by atoms with Gasteiger partial charge in [0.1, 0.15) is 17.2 Å². The van der Waals surface area contributed by atoms with Crippen LogP contribution in [0.15, 0.2) is 60.7 Å². The predicted molar refractivity (Wildman–Crippen MR) is 193 cm³/mol. The normalized spacial score (nSPS) is 20.3. The summed E-state index contributed by atoms with van der Waals surface area (Å²) >= 11 is 0. The molecule has 12 heteroatoms. The summed E-state index contributed by atoms with van der Waals surface area (Å²) in [6.45, 7) is 10.0. The minimum Gasteiger partial charge on any atom is -0.379 e. The highest BCUT2D eigenvalue weighted by molar-refractivity contribution is 6.01. The number of aryl methyl sites for hydroxylation is 1. The third-order valence-corrected chi connectivity index (χ3v) is 9.75. The van der Waals surface area contributed by atoms with Crippen LogP contribution in [0.5, 0.6) is 0 Å². The van der Waals surface area contributed by atoms with Crippen LogP contribution in [0.25, 0.3) is 0 Å². The van der Waals surface area contributed by atoms with Crippen molar-refractivity contribution in [2.24, 2.45) is 17.6 Å². The second-order valence-electron chi connectivity index (χ2n) is 14.4. The van der Waals surface area contributed by atoms with Gasteiger partial charge in [-0.3, -0.25) is 28.9 Å².